The first-order valence-electron chi connectivity index (χ1n) is 7.48. The molecule has 0 radical (unpaired) electrons. The number of rotatable bonds is 4. The number of nitrogens with two attached hydrogens (primary N) is 1. The molecule has 0 unspecified atom stereocenters. The van der Waals surface area contributed by atoms with E-state index in [2.05, 4.69) is 51.6 Å². The molecular weight excluding hydrogens is 288 g/mol. The van der Waals surface area contributed by atoms with E-state index >= 15 is 0 Å². The minimum atomic E-state index is 0.491. The zero-order chi connectivity index (χ0) is 16.4. The maximum Gasteiger partial charge on any atom is 0.182 e. The lowest BCUT2D eigenvalue weighted by atomic mass is 10.1. The highest BCUT2D eigenvalue weighted by Gasteiger charge is 2.12. The molecule has 6 heteroatoms. The van der Waals surface area contributed by atoms with Crippen LogP contribution < -0.4 is 11.1 Å². The van der Waals surface area contributed by atoms with Crippen molar-refractivity contribution in [3.8, 4) is 5.82 Å². The Morgan fingerprint density at radius 1 is 1.09 bits per heavy atom. The fourth-order valence-electron chi connectivity index (χ4n) is 2.43. The maximum atomic E-state index is 6.23. The van der Waals surface area contributed by atoms with Crippen LogP contribution in [0.25, 0.3) is 5.82 Å². The lowest BCUT2D eigenvalue weighted by molar-refractivity contribution is 0.803. The molecule has 0 saturated heterocycles. The van der Waals surface area contributed by atoms with E-state index in [-0.39, 0.29) is 0 Å². The maximum absolute atomic E-state index is 6.23. The first kappa shape index (κ1) is 15.0. The molecule has 0 bridgehead atoms. The normalized spacial score (nSPS) is 10.7. The van der Waals surface area contributed by atoms with Crippen molar-refractivity contribution in [2.24, 2.45) is 0 Å². The monoisotopic (exact) mass is 308 g/mol. The number of nitrogens with zero attached hydrogens (tertiary/aromatic N) is 4. The Labute approximate surface area is 135 Å². The predicted molar refractivity (Wildman–Crippen MR) is 91.5 cm³/mol. The number of aryl methyl sites for hydroxylation is 3. The molecule has 118 valence electrons. The fourth-order valence-corrected chi connectivity index (χ4v) is 2.43. The molecule has 6 nitrogen and oxygen atoms in total. The number of nitrogen functional groups attached to an aromatic ring is 1. The van der Waals surface area contributed by atoms with Gasteiger partial charge in [-0.25, -0.2) is 14.6 Å². The highest BCUT2D eigenvalue weighted by atomic mass is 15.3. The summed E-state index contributed by atoms with van der Waals surface area (Å²) in [5.74, 6) is 1.21. The van der Waals surface area contributed by atoms with Gasteiger partial charge in [0.15, 0.2) is 11.6 Å². The Kier molecular flexibility index (Phi) is 3.97. The first-order valence-corrected chi connectivity index (χ1v) is 7.48. The average Bonchev–Trinajstić information content (AvgIpc) is 2.86. The van der Waals surface area contributed by atoms with Gasteiger partial charge in [-0.2, -0.15) is 5.10 Å². The second-order valence-corrected chi connectivity index (χ2v) is 5.64. The van der Waals surface area contributed by atoms with Gasteiger partial charge in [0.1, 0.15) is 12.0 Å². The molecule has 3 rings (SSSR count). The van der Waals surface area contributed by atoms with Gasteiger partial charge < -0.3 is 11.1 Å². The second kappa shape index (κ2) is 6.08. The summed E-state index contributed by atoms with van der Waals surface area (Å²) in [6.45, 7) is 6.64. The van der Waals surface area contributed by atoms with E-state index in [0.29, 0.717) is 23.9 Å². The smallest absolute Gasteiger partial charge is 0.182 e. The van der Waals surface area contributed by atoms with Crippen molar-refractivity contribution in [3.63, 3.8) is 0 Å². The van der Waals surface area contributed by atoms with Gasteiger partial charge in [-0.15, -0.1) is 0 Å². The summed E-state index contributed by atoms with van der Waals surface area (Å²) in [6, 6.07) is 10.3. The molecule has 0 aliphatic carbocycles. The van der Waals surface area contributed by atoms with Crippen LogP contribution in [-0.2, 0) is 6.54 Å². The van der Waals surface area contributed by atoms with E-state index in [1.54, 1.807) is 4.68 Å². The fraction of sp³-hybridized carbons (Fsp3) is 0.235. The summed E-state index contributed by atoms with van der Waals surface area (Å²) in [4.78, 5) is 8.52. The molecule has 0 amide bonds. The number of anilines is 2. The highest BCUT2D eigenvalue weighted by molar-refractivity contribution is 5.69. The van der Waals surface area contributed by atoms with Gasteiger partial charge in [0, 0.05) is 12.2 Å². The minimum absolute atomic E-state index is 0.491. The number of hydrogen-bond donors (Lipinski definition) is 2. The number of aromatic nitrogens is 4. The minimum Gasteiger partial charge on any atom is -0.393 e. The molecule has 1 aromatic carbocycles. The van der Waals surface area contributed by atoms with Crippen LogP contribution >= 0.6 is 0 Å². The third kappa shape index (κ3) is 3.15. The van der Waals surface area contributed by atoms with Gasteiger partial charge in [-0.3, -0.25) is 0 Å². The number of benzene rings is 1. The van der Waals surface area contributed by atoms with Crippen LogP contribution in [0.4, 0.5) is 11.5 Å². The van der Waals surface area contributed by atoms with Gasteiger partial charge in [0.05, 0.1) is 5.69 Å². The molecule has 0 atom stereocenters. The Morgan fingerprint density at radius 2 is 1.83 bits per heavy atom. The van der Waals surface area contributed by atoms with Gasteiger partial charge in [0.25, 0.3) is 0 Å². The van der Waals surface area contributed by atoms with Crippen LogP contribution in [0.15, 0.2) is 36.7 Å². The molecule has 3 N–H and O–H groups in total. The van der Waals surface area contributed by atoms with Crippen molar-refractivity contribution in [1.82, 2.24) is 19.7 Å². The topological polar surface area (TPSA) is 81.7 Å². The second-order valence-electron chi connectivity index (χ2n) is 5.64. The van der Waals surface area contributed by atoms with Crippen molar-refractivity contribution in [3.05, 3.63) is 59.2 Å². The Hall–Kier alpha value is -2.89. The summed E-state index contributed by atoms with van der Waals surface area (Å²) in [7, 11) is 0. The highest BCUT2D eigenvalue weighted by Crippen LogP contribution is 2.23. The zero-order valence-electron chi connectivity index (χ0n) is 13.5. The van der Waals surface area contributed by atoms with Crippen molar-refractivity contribution in [2.45, 2.75) is 27.3 Å². The van der Waals surface area contributed by atoms with Crippen molar-refractivity contribution >= 4 is 11.5 Å². The van der Waals surface area contributed by atoms with Crippen LogP contribution in [0.5, 0.6) is 0 Å². The van der Waals surface area contributed by atoms with Crippen molar-refractivity contribution in [1.29, 1.82) is 0 Å². The van der Waals surface area contributed by atoms with Crippen LogP contribution in [-0.4, -0.2) is 19.7 Å². The van der Waals surface area contributed by atoms with Crippen LogP contribution in [0.2, 0.25) is 0 Å². The molecular formula is C17H20N6. The molecule has 0 aliphatic rings. The summed E-state index contributed by atoms with van der Waals surface area (Å²) < 4.78 is 1.74. The van der Waals surface area contributed by atoms with Crippen molar-refractivity contribution < 1.29 is 0 Å². The van der Waals surface area contributed by atoms with Crippen LogP contribution in [0.3, 0.4) is 0 Å². The average molecular weight is 308 g/mol. The van der Waals surface area contributed by atoms with Crippen LogP contribution in [0, 0.1) is 20.8 Å². The number of nitrogens with one attached hydrogen (secondary N) is 1. The molecule has 0 saturated carbocycles. The van der Waals surface area contributed by atoms with E-state index in [1.807, 2.05) is 19.9 Å². The molecule has 3 aromatic rings. The summed E-state index contributed by atoms with van der Waals surface area (Å²) in [5.41, 5.74) is 11.0. The van der Waals surface area contributed by atoms with Crippen molar-refractivity contribution in [2.75, 3.05) is 11.1 Å². The molecule has 2 aromatic heterocycles. The van der Waals surface area contributed by atoms with Gasteiger partial charge in [-0.1, -0.05) is 29.8 Å². The SMILES string of the molecule is Cc1ccc(CNc2ncnc(-n3nc(C)cc3C)c2N)cc1. The lowest BCUT2D eigenvalue weighted by Gasteiger charge is -2.12. The summed E-state index contributed by atoms with van der Waals surface area (Å²) >= 11 is 0. The molecule has 23 heavy (non-hydrogen) atoms. The van der Waals surface area contributed by atoms with E-state index in [4.69, 9.17) is 5.73 Å². The molecule has 0 aliphatic heterocycles. The Morgan fingerprint density at radius 3 is 2.48 bits per heavy atom. The standard InChI is InChI=1S/C17H20N6/c1-11-4-6-14(7-5-11)9-19-16-15(18)17(21-10-20-16)23-13(3)8-12(2)22-23/h4-8,10H,9,18H2,1-3H3,(H,19,20,21). The van der Waals surface area contributed by atoms with Gasteiger partial charge in [-0.05, 0) is 32.4 Å². The Bertz CT molecular complexity index is 820. The summed E-state index contributed by atoms with van der Waals surface area (Å²) in [6.07, 6.45) is 1.50. The third-order valence-corrected chi connectivity index (χ3v) is 3.65. The van der Waals surface area contributed by atoms with Gasteiger partial charge >= 0.3 is 0 Å². The third-order valence-electron chi connectivity index (χ3n) is 3.65. The Balaban J connectivity index is 1.85. The molecule has 0 fully saturated rings. The first-order chi connectivity index (χ1) is 11.0. The zero-order valence-corrected chi connectivity index (χ0v) is 13.5. The quantitative estimate of drug-likeness (QED) is 0.774. The van der Waals surface area contributed by atoms with E-state index in [1.165, 1.54) is 17.5 Å². The number of hydrogen-bond acceptors (Lipinski definition) is 5. The summed E-state index contributed by atoms with van der Waals surface area (Å²) in [5, 5.41) is 7.70. The molecule has 0 spiro atoms. The largest absolute Gasteiger partial charge is 0.393 e. The predicted octanol–water partition coefficient (Wildman–Crippen LogP) is 2.78. The van der Waals surface area contributed by atoms with Gasteiger partial charge in [0.2, 0.25) is 0 Å². The van der Waals surface area contributed by atoms with Crippen LogP contribution in [0.1, 0.15) is 22.5 Å². The van der Waals surface area contributed by atoms with E-state index in [9.17, 15) is 0 Å². The lowest BCUT2D eigenvalue weighted by Crippen LogP contribution is -2.11. The molecule has 2 heterocycles. The van der Waals surface area contributed by atoms with E-state index < -0.39 is 0 Å². The van der Waals surface area contributed by atoms with E-state index in [0.717, 1.165) is 11.4 Å².